The molecular formula is C19H27F2IN4O2. The van der Waals surface area contributed by atoms with Crippen LogP contribution in [-0.4, -0.2) is 36.6 Å². The second-order valence-electron chi connectivity index (χ2n) is 7.15. The molecule has 9 heteroatoms. The number of hydrogen-bond donors (Lipinski definition) is 1. The number of rotatable bonds is 6. The van der Waals surface area contributed by atoms with Crippen LogP contribution in [0, 0.1) is 0 Å². The summed E-state index contributed by atoms with van der Waals surface area (Å²) in [5.74, 6) is 2.22. The SMILES string of the molecule is CN=C(NCc1ncc(C(C)(C)C)o1)N(C)Cc1ccc(OC(F)F)cc1.I. The predicted octanol–water partition coefficient (Wildman–Crippen LogP) is 4.40. The maximum Gasteiger partial charge on any atom is 0.387 e. The van der Waals surface area contributed by atoms with E-state index in [0.717, 1.165) is 11.3 Å². The van der Waals surface area contributed by atoms with E-state index in [9.17, 15) is 8.78 Å². The molecule has 156 valence electrons. The summed E-state index contributed by atoms with van der Waals surface area (Å²) in [7, 11) is 3.57. The summed E-state index contributed by atoms with van der Waals surface area (Å²) in [6, 6.07) is 6.52. The van der Waals surface area contributed by atoms with Crippen LogP contribution in [0.25, 0.3) is 0 Å². The molecule has 0 saturated heterocycles. The maximum atomic E-state index is 12.2. The first-order valence-electron chi connectivity index (χ1n) is 8.59. The minimum atomic E-state index is -2.82. The molecule has 2 aromatic rings. The normalized spacial score (nSPS) is 11.9. The number of nitrogens with one attached hydrogen (secondary N) is 1. The van der Waals surface area contributed by atoms with Gasteiger partial charge in [0.2, 0.25) is 5.89 Å². The van der Waals surface area contributed by atoms with Gasteiger partial charge < -0.3 is 19.4 Å². The standard InChI is InChI=1S/C19H26F2N4O2.HI/c1-19(2,3)15-10-23-16(27-15)11-24-18(22-4)25(5)12-13-6-8-14(9-7-13)26-17(20)21;/h6-10,17H,11-12H2,1-5H3,(H,22,24);1H. The highest BCUT2D eigenvalue weighted by Gasteiger charge is 2.19. The quantitative estimate of drug-likeness (QED) is 0.356. The van der Waals surface area contributed by atoms with Gasteiger partial charge in [0.1, 0.15) is 11.5 Å². The first-order chi connectivity index (χ1) is 12.7. The van der Waals surface area contributed by atoms with E-state index in [1.54, 1.807) is 25.4 Å². The number of alkyl halides is 2. The number of halogens is 3. The molecule has 0 radical (unpaired) electrons. The molecular weight excluding hydrogens is 481 g/mol. The largest absolute Gasteiger partial charge is 0.443 e. The Labute approximate surface area is 181 Å². The number of aromatic nitrogens is 1. The lowest BCUT2D eigenvalue weighted by Crippen LogP contribution is -2.38. The lowest BCUT2D eigenvalue weighted by molar-refractivity contribution is -0.0498. The Morgan fingerprint density at radius 3 is 2.43 bits per heavy atom. The molecule has 0 saturated carbocycles. The molecule has 1 aromatic heterocycles. The van der Waals surface area contributed by atoms with Gasteiger partial charge in [0, 0.05) is 26.1 Å². The number of nitrogens with zero attached hydrogens (tertiary/aromatic N) is 3. The van der Waals surface area contributed by atoms with Crippen molar-refractivity contribution in [3.63, 3.8) is 0 Å². The second-order valence-corrected chi connectivity index (χ2v) is 7.15. The smallest absolute Gasteiger partial charge is 0.387 e. The zero-order chi connectivity index (χ0) is 20.0. The Morgan fingerprint density at radius 1 is 1.29 bits per heavy atom. The van der Waals surface area contributed by atoms with Crippen molar-refractivity contribution in [3.8, 4) is 5.75 Å². The van der Waals surface area contributed by atoms with Crippen LogP contribution in [0.15, 0.2) is 39.9 Å². The Balaban J connectivity index is 0.00000392. The van der Waals surface area contributed by atoms with E-state index >= 15 is 0 Å². The average Bonchev–Trinajstić information content (AvgIpc) is 3.06. The fraction of sp³-hybridized carbons (Fsp3) is 0.474. The topological polar surface area (TPSA) is 62.9 Å². The van der Waals surface area contributed by atoms with Gasteiger partial charge in [-0.3, -0.25) is 4.99 Å². The number of oxazole rings is 1. The molecule has 0 bridgehead atoms. The van der Waals surface area contributed by atoms with E-state index in [0.29, 0.717) is 24.9 Å². The molecule has 0 aliphatic carbocycles. The second kappa shape index (κ2) is 10.6. The third kappa shape index (κ3) is 7.25. The lowest BCUT2D eigenvalue weighted by Gasteiger charge is -2.22. The van der Waals surface area contributed by atoms with E-state index in [4.69, 9.17) is 4.42 Å². The zero-order valence-corrected chi connectivity index (χ0v) is 19.0. The predicted molar refractivity (Wildman–Crippen MR) is 115 cm³/mol. The zero-order valence-electron chi connectivity index (χ0n) is 16.7. The first-order valence-corrected chi connectivity index (χ1v) is 8.59. The first kappa shape index (κ1) is 24.1. The van der Waals surface area contributed by atoms with Gasteiger partial charge in [0.05, 0.1) is 12.7 Å². The van der Waals surface area contributed by atoms with Crippen molar-refractivity contribution in [1.82, 2.24) is 15.2 Å². The minimum Gasteiger partial charge on any atom is -0.443 e. The van der Waals surface area contributed by atoms with Crippen LogP contribution in [0.4, 0.5) is 8.78 Å². The van der Waals surface area contributed by atoms with Crippen LogP contribution >= 0.6 is 24.0 Å². The Morgan fingerprint density at radius 2 is 1.93 bits per heavy atom. The lowest BCUT2D eigenvalue weighted by atomic mass is 9.94. The number of hydrogen-bond acceptors (Lipinski definition) is 4. The van der Waals surface area contributed by atoms with E-state index in [-0.39, 0.29) is 35.1 Å². The van der Waals surface area contributed by atoms with Gasteiger partial charge in [-0.05, 0) is 17.7 Å². The number of ether oxygens (including phenoxy) is 1. The molecule has 1 heterocycles. The average molecular weight is 508 g/mol. The molecule has 0 fully saturated rings. The van der Waals surface area contributed by atoms with E-state index in [1.807, 2.05) is 11.9 Å². The number of guanidine groups is 1. The van der Waals surface area contributed by atoms with Gasteiger partial charge >= 0.3 is 6.61 Å². The van der Waals surface area contributed by atoms with Crippen LogP contribution in [0.1, 0.15) is 38.0 Å². The van der Waals surface area contributed by atoms with Gasteiger partial charge in [-0.25, -0.2) is 4.98 Å². The van der Waals surface area contributed by atoms with Gasteiger partial charge in [0.15, 0.2) is 5.96 Å². The maximum absolute atomic E-state index is 12.2. The number of benzene rings is 1. The molecule has 0 aliphatic heterocycles. The molecule has 0 amide bonds. The van der Waals surface area contributed by atoms with Crippen LogP contribution < -0.4 is 10.1 Å². The Hall–Kier alpha value is -1.91. The highest BCUT2D eigenvalue weighted by molar-refractivity contribution is 14.0. The summed E-state index contributed by atoms with van der Waals surface area (Å²) in [5.41, 5.74) is 0.845. The summed E-state index contributed by atoms with van der Waals surface area (Å²) in [4.78, 5) is 10.5. The molecule has 0 unspecified atom stereocenters. The van der Waals surface area contributed by atoms with Crippen molar-refractivity contribution >= 4 is 29.9 Å². The monoisotopic (exact) mass is 508 g/mol. The molecule has 0 atom stereocenters. The van der Waals surface area contributed by atoms with Crippen LogP contribution in [0.3, 0.4) is 0 Å². The fourth-order valence-electron chi connectivity index (χ4n) is 2.40. The minimum absolute atomic E-state index is 0. The van der Waals surface area contributed by atoms with E-state index in [1.165, 1.54) is 12.1 Å². The summed E-state index contributed by atoms with van der Waals surface area (Å²) < 4.78 is 34.5. The summed E-state index contributed by atoms with van der Waals surface area (Å²) in [6.07, 6.45) is 1.74. The molecule has 1 aromatic carbocycles. The van der Waals surface area contributed by atoms with E-state index < -0.39 is 6.61 Å². The summed E-state index contributed by atoms with van der Waals surface area (Å²) in [5, 5.41) is 3.20. The molecule has 0 spiro atoms. The summed E-state index contributed by atoms with van der Waals surface area (Å²) >= 11 is 0. The van der Waals surface area contributed by atoms with Crippen molar-refractivity contribution in [2.24, 2.45) is 4.99 Å². The van der Waals surface area contributed by atoms with Gasteiger partial charge in [-0.15, -0.1) is 24.0 Å². The van der Waals surface area contributed by atoms with Crippen molar-refractivity contribution in [2.45, 2.75) is 45.9 Å². The molecule has 1 N–H and O–H groups in total. The van der Waals surface area contributed by atoms with Crippen LogP contribution in [0.5, 0.6) is 5.75 Å². The highest BCUT2D eigenvalue weighted by atomic mass is 127. The Kier molecular flexibility index (Phi) is 9.12. The van der Waals surface area contributed by atoms with E-state index in [2.05, 4.69) is 40.8 Å². The third-order valence-electron chi connectivity index (χ3n) is 3.83. The van der Waals surface area contributed by atoms with Crippen LogP contribution in [-0.2, 0) is 18.5 Å². The molecule has 6 nitrogen and oxygen atoms in total. The van der Waals surface area contributed by atoms with Crippen molar-refractivity contribution in [2.75, 3.05) is 14.1 Å². The fourth-order valence-corrected chi connectivity index (χ4v) is 2.40. The van der Waals surface area contributed by atoms with Crippen LogP contribution in [0.2, 0.25) is 0 Å². The van der Waals surface area contributed by atoms with Gasteiger partial charge in [-0.2, -0.15) is 8.78 Å². The summed E-state index contributed by atoms with van der Waals surface area (Å²) in [6.45, 7) is 4.33. The molecule has 0 aliphatic rings. The molecule has 28 heavy (non-hydrogen) atoms. The number of aliphatic imine (C=N–C) groups is 1. The third-order valence-corrected chi connectivity index (χ3v) is 3.83. The molecule has 2 rings (SSSR count). The highest BCUT2D eigenvalue weighted by Crippen LogP contribution is 2.22. The Bertz CT molecular complexity index is 758. The van der Waals surface area contributed by atoms with Crippen molar-refractivity contribution in [1.29, 1.82) is 0 Å². The van der Waals surface area contributed by atoms with Gasteiger partial charge in [0.25, 0.3) is 0 Å². The van der Waals surface area contributed by atoms with Crippen molar-refractivity contribution in [3.05, 3.63) is 47.7 Å². The van der Waals surface area contributed by atoms with Gasteiger partial charge in [-0.1, -0.05) is 32.9 Å². The van der Waals surface area contributed by atoms with Crippen molar-refractivity contribution < 1.29 is 17.9 Å².